The number of hydrogen-bond acceptors (Lipinski definition) is 3. The van der Waals surface area contributed by atoms with Crippen LogP contribution in [0.3, 0.4) is 0 Å². The Balaban J connectivity index is 2.82. The van der Waals surface area contributed by atoms with Crippen molar-refractivity contribution in [3.63, 3.8) is 0 Å². The van der Waals surface area contributed by atoms with Gasteiger partial charge in [0.25, 0.3) is 0 Å². The minimum Gasteiger partial charge on any atom is -0.467 e. The van der Waals surface area contributed by atoms with Gasteiger partial charge in [-0.05, 0) is 18.1 Å². The molecule has 0 aliphatic rings. The van der Waals surface area contributed by atoms with E-state index in [9.17, 15) is 18.0 Å². The van der Waals surface area contributed by atoms with Gasteiger partial charge >= 0.3 is 6.18 Å². The lowest BCUT2D eigenvalue weighted by Gasteiger charge is -2.27. The standard InChI is InChI=1S/C12H17F3N2O2/c1-8(2)10(16)11(18)17(7-12(13,14)15)6-9-4-3-5-19-9/h3-5,8,10H,6-7,16H2,1-2H3. The Labute approximate surface area is 109 Å². The first-order valence-corrected chi connectivity index (χ1v) is 5.84. The molecule has 0 saturated carbocycles. The van der Waals surface area contributed by atoms with Gasteiger partial charge in [-0.25, -0.2) is 0 Å². The van der Waals surface area contributed by atoms with Crippen LogP contribution >= 0.6 is 0 Å². The Morgan fingerprint density at radius 3 is 2.53 bits per heavy atom. The zero-order valence-electron chi connectivity index (χ0n) is 10.8. The maximum absolute atomic E-state index is 12.5. The van der Waals surface area contributed by atoms with E-state index in [1.54, 1.807) is 19.9 Å². The van der Waals surface area contributed by atoms with Crippen LogP contribution in [-0.2, 0) is 11.3 Å². The number of carbonyl (C=O) groups excluding carboxylic acids is 1. The fourth-order valence-corrected chi connectivity index (χ4v) is 1.51. The number of nitrogens with zero attached hydrogens (tertiary/aromatic N) is 1. The molecule has 0 radical (unpaired) electrons. The number of nitrogens with two attached hydrogens (primary N) is 1. The van der Waals surface area contributed by atoms with Crippen molar-refractivity contribution in [3.05, 3.63) is 24.2 Å². The molecule has 4 nitrogen and oxygen atoms in total. The number of hydrogen-bond donors (Lipinski definition) is 1. The second kappa shape index (κ2) is 6.10. The largest absolute Gasteiger partial charge is 0.467 e. The number of carbonyl (C=O) groups is 1. The Bertz CT molecular complexity index is 402. The zero-order chi connectivity index (χ0) is 14.6. The van der Waals surface area contributed by atoms with Crippen LogP contribution in [0.25, 0.3) is 0 Å². The van der Waals surface area contributed by atoms with E-state index in [4.69, 9.17) is 10.2 Å². The van der Waals surface area contributed by atoms with Crippen LogP contribution in [0, 0.1) is 5.92 Å². The molecule has 0 aromatic carbocycles. The zero-order valence-corrected chi connectivity index (χ0v) is 10.8. The van der Waals surface area contributed by atoms with Crippen molar-refractivity contribution in [1.29, 1.82) is 0 Å². The third-order valence-electron chi connectivity index (χ3n) is 2.61. The lowest BCUT2D eigenvalue weighted by Crippen LogP contribution is -2.49. The van der Waals surface area contributed by atoms with E-state index < -0.39 is 24.7 Å². The molecule has 0 aliphatic carbocycles. The molecular weight excluding hydrogens is 261 g/mol. The summed E-state index contributed by atoms with van der Waals surface area (Å²) < 4.78 is 42.4. The molecule has 19 heavy (non-hydrogen) atoms. The average molecular weight is 278 g/mol. The van der Waals surface area contributed by atoms with Crippen LogP contribution in [0.4, 0.5) is 13.2 Å². The summed E-state index contributed by atoms with van der Waals surface area (Å²) in [7, 11) is 0. The lowest BCUT2D eigenvalue weighted by atomic mass is 10.0. The smallest absolute Gasteiger partial charge is 0.406 e. The van der Waals surface area contributed by atoms with Crippen molar-refractivity contribution in [2.75, 3.05) is 6.54 Å². The van der Waals surface area contributed by atoms with Crippen molar-refractivity contribution in [3.8, 4) is 0 Å². The van der Waals surface area contributed by atoms with Gasteiger partial charge in [0.2, 0.25) is 5.91 Å². The van der Waals surface area contributed by atoms with Crippen molar-refractivity contribution in [2.24, 2.45) is 11.7 Å². The molecule has 1 rings (SSSR count). The first kappa shape index (κ1) is 15.6. The van der Waals surface area contributed by atoms with E-state index in [0.717, 1.165) is 0 Å². The molecule has 0 saturated heterocycles. The quantitative estimate of drug-likeness (QED) is 0.897. The molecule has 1 aromatic rings. The van der Waals surface area contributed by atoms with Gasteiger partial charge < -0.3 is 15.1 Å². The van der Waals surface area contributed by atoms with E-state index >= 15 is 0 Å². The molecule has 1 unspecified atom stereocenters. The van der Waals surface area contributed by atoms with Gasteiger partial charge in [-0.15, -0.1) is 0 Å². The number of rotatable bonds is 5. The normalized spacial score (nSPS) is 13.6. The van der Waals surface area contributed by atoms with E-state index in [2.05, 4.69) is 0 Å². The highest BCUT2D eigenvalue weighted by Crippen LogP contribution is 2.19. The van der Waals surface area contributed by atoms with Crippen LogP contribution < -0.4 is 5.73 Å². The van der Waals surface area contributed by atoms with E-state index in [1.807, 2.05) is 0 Å². The van der Waals surface area contributed by atoms with Crippen LogP contribution in [0.15, 0.2) is 22.8 Å². The summed E-state index contributed by atoms with van der Waals surface area (Å²) in [4.78, 5) is 12.6. The Hall–Kier alpha value is -1.50. The van der Waals surface area contributed by atoms with Gasteiger partial charge in [0.15, 0.2) is 0 Å². The molecule has 2 N–H and O–H groups in total. The molecule has 7 heteroatoms. The van der Waals surface area contributed by atoms with Gasteiger partial charge in [0.05, 0.1) is 18.8 Å². The summed E-state index contributed by atoms with van der Waals surface area (Å²) in [6, 6.07) is 2.10. The maximum Gasteiger partial charge on any atom is 0.406 e. The fraction of sp³-hybridized carbons (Fsp3) is 0.583. The molecule has 0 bridgehead atoms. The molecule has 0 spiro atoms. The predicted octanol–water partition coefficient (Wildman–Crippen LogP) is 2.15. The van der Waals surface area contributed by atoms with E-state index in [1.165, 1.54) is 12.3 Å². The Morgan fingerprint density at radius 1 is 1.47 bits per heavy atom. The highest BCUT2D eigenvalue weighted by molar-refractivity contribution is 5.81. The van der Waals surface area contributed by atoms with Gasteiger partial charge in [-0.3, -0.25) is 4.79 Å². The van der Waals surface area contributed by atoms with Gasteiger partial charge in [0.1, 0.15) is 12.3 Å². The summed E-state index contributed by atoms with van der Waals surface area (Å²) in [5, 5.41) is 0. The molecule has 0 aliphatic heterocycles. The maximum atomic E-state index is 12.5. The van der Waals surface area contributed by atoms with Gasteiger partial charge in [0, 0.05) is 0 Å². The van der Waals surface area contributed by atoms with Crippen LogP contribution in [-0.4, -0.2) is 29.6 Å². The Morgan fingerprint density at radius 2 is 2.11 bits per heavy atom. The average Bonchev–Trinajstić information content (AvgIpc) is 2.77. The van der Waals surface area contributed by atoms with E-state index in [0.29, 0.717) is 4.90 Å². The van der Waals surface area contributed by atoms with Gasteiger partial charge in [-0.1, -0.05) is 13.8 Å². The molecule has 1 heterocycles. The summed E-state index contributed by atoms with van der Waals surface area (Å²) in [5.74, 6) is -0.683. The first-order chi connectivity index (χ1) is 8.70. The third-order valence-corrected chi connectivity index (χ3v) is 2.61. The summed E-state index contributed by atoms with van der Waals surface area (Å²) in [6.45, 7) is 1.78. The number of amides is 1. The van der Waals surface area contributed by atoms with E-state index in [-0.39, 0.29) is 18.2 Å². The summed E-state index contributed by atoms with van der Waals surface area (Å²) in [6.07, 6.45) is -3.13. The molecule has 0 fully saturated rings. The predicted molar refractivity (Wildman–Crippen MR) is 63.0 cm³/mol. The Kier molecular flexibility index (Phi) is 4.99. The van der Waals surface area contributed by atoms with Crippen LogP contribution in [0.2, 0.25) is 0 Å². The van der Waals surface area contributed by atoms with Crippen molar-refractivity contribution < 1.29 is 22.4 Å². The SMILES string of the molecule is CC(C)C(N)C(=O)N(Cc1ccco1)CC(F)(F)F. The topological polar surface area (TPSA) is 59.5 Å². The van der Waals surface area contributed by atoms with Crippen LogP contribution in [0.5, 0.6) is 0 Å². The summed E-state index contributed by atoms with van der Waals surface area (Å²) in [5.41, 5.74) is 5.62. The second-order valence-electron chi connectivity index (χ2n) is 4.66. The van der Waals surface area contributed by atoms with Crippen molar-refractivity contribution in [2.45, 2.75) is 32.6 Å². The molecule has 108 valence electrons. The second-order valence-corrected chi connectivity index (χ2v) is 4.66. The minimum atomic E-state index is -4.47. The number of halogens is 3. The molecule has 1 atom stereocenters. The number of furan rings is 1. The monoisotopic (exact) mass is 278 g/mol. The summed E-state index contributed by atoms with van der Waals surface area (Å²) >= 11 is 0. The minimum absolute atomic E-state index is 0.236. The van der Waals surface area contributed by atoms with Crippen molar-refractivity contribution >= 4 is 5.91 Å². The third kappa shape index (κ3) is 4.94. The highest BCUT2D eigenvalue weighted by Gasteiger charge is 2.35. The number of alkyl halides is 3. The van der Waals surface area contributed by atoms with Gasteiger partial charge in [-0.2, -0.15) is 13.2 Å². The molecular formula is C12H17F3N2O2. The fourth-order valence-electron chi connectivity index (χ4n) is 1.51. The highest BCUT2D eigenvalue weighted by atomic mass is 19.4. The lowest BCUT2D eigenvalue weighted by molar-refractivity contribution is -0.164. The van der Waals surface area contributed by atoms with Crippen LogP contribution in [0.1, 0.15) is 19.6 Å². The van der Waals surface area contributed by atoms with Crippen molar-refractivity contribution in [1.82, 2.24) is 4.90 Å². The first-order valence-electron chi connectivity index (χ1n) is 5.84. The molecule has 1 amide bonds. The molecule has 1 aromatic heterocycles.